The first-order valence-corrected chi connectivity index (χ1v) is 6.25. The second kappa shape index (κ2) is 5.85. The maximum Gasteiger partial charge on any atom is 0.125 e. The topological polar surface area (TPSA) is 28.2 Å². The number of nitrogens with zero attached hydrogens (tertiary/aromatic N) is 2. The van der Waals surface area contributed by atoms with Crippen LogP contribution in [-0.2, 0) is 0 Å². The predicted octanol–water partition coefficient (Wildman–Crippen LogP) is 2.23. The number of nitrogens with one attached hydrogen (secondary N) is 1. The average molecular weight is 219 g/mol. The Morgan fingerprint density at radius 1 is 1.50 bits per heavy atom. The minimum atomic E-state index is 0.786. The van der Waals surface area contributed by atoms with Crippen LogP contribution in [0.15, 0.2) is 24.4 Å². The van der Waals surface area contributed by atoms with Crippen LogP contribution in [-0.4, -0.2) is 36.1 Å². The van der Waals surface area contributed by atoms with Gasteiger partial charge in [-0.15, -0.1) is 0 Å². The van der Waals surface area contributed by atoms with Crippen LogP contribution in [0, 0.1) is 5.92 Å². The zero-order valence-corrected chi connectivity index (χ0v) is 10.0. The molecule has 1 atom stereocenters. The average Bonchev–Trinajstić information content (AvgIpc) is 2.76. The number of hydrogen-bond acceptors (Lipinski definition) is 3. The number of anilines is 1. The number of hydrogen-bond donors (Lipinski definition) is 1. The van der Waals surface area contributed by atoms with E-state index in [1.165, 1.54) is 32.5 Å². The highest BCUT2D eigenvalue weighted by Crippen LogP contribution is 2.16. The lowest BCUT2D eigenvalue weighted by Crippen LogP contribution is -2.23. The van der Waals surface area contributed by atoms with Gasteiger partial charge in [-0.3, -0.25) is 0 Å². The fourth-order valence-electron chi connectivity index (χ4n) is 2.32. The molecule has 1 aromatic heterocycles. The molecule has 1 aliphatic rings. The van der Waals surface area contributed by atoms with Gasteiger partial charge < -0.3 is 10.2 Å². The summed E-state index contributed by atoms with van der Waals surface area (Å²) in [5.41, 5.74) is 0. The molecule has 1 saturated heterocycles. The van der Waals surface area contributed by atoms with Crippen molar-refractivity contribution >= 4 is 5.82 Å². The van der Waals surface area contributed by atoms with E-state index in [4.69, 9.17) is 0 Å². The van der Waals surface area contributed by atoms with Crippen molar-refractivity contribution in [2.45, 2.75) is 19.8 Å². The van der Waals surface area contributed by atoms with Gasteiger partial charge in [-0.05, 0) is 44.0 Å². The lowest BCUT2D eigenvalue weighted by Gasteiger charge is -2.15. The Morgan fingerprint density at radius 2 is 2.44 bits per heavy atom. The maximum absolute atomic E-state index is 4.27. The molecule has 3 nitrogen and oxygen atoms in total. The molecule has 0 spiro atoms. The third kappa shape index (κ3) is 3.20. The van der Waals surface area contributed by atoms with Crippen LogP contribution in [0.5, 0.6) is 0 Å². The molecule has 1 fully saturated rings. The van der Waals surface area contributed by atoms with Crippen LogP contribution in [0.2, 0.25) is 0 Å². The van der Waals surface area contributed by atoms with E-state index in [1.54, 1.807) is 0 Å². The summed E-state index contributed by atoms with van der Waals surface area (Å²) in [6.45, 7) is 7.06. The first kappa shape index (κ1) is 11.4. The molecule has 3 heteroatoms. The van der Waals surface area contributed by atoms with Crippen LogP contribution in [0.3, 0.4) is 0 Å². The SMILES string of the molecule is CCCN1CC[C@H](CNc2ccccn2)C1. The largest absolute Gasteiger partial charge is 0.370 e. The number of pyridine rings is 1. The van der Waals surface area contributed by atoms with Crippen molar-refractivity contribution < 1.29 is 0 Å². The van der Waals surface area contributed by atoms with Gasteiger partial charge in [0.2, 0.25) is 0 Å². The van der Waals surface area contributed by atoms with Gasteiger partial charge in [-0.2, -0.15) is 0 Å². The third-order valence-corrected chi connectivity index (χ3v) is 3.15. The van der Waals surface area contributed by atoms with Crippen molar-refractivity contribution in [3.63, 3.8) is 0 Å². The van der Waals surface area contributed by atoms with Gasteiger partial charge in [-0.1, -0.05) is 13.0 Å². The van der Waals surface area contributed by atoms with E-state index in [1.807, 2.05) is 24.4 Å². The molecule has 1 aliphatic heterocycles. The van der Waals surface area contributed by atoms with E-state index in [2.05, 4.69) is 22.1 Å². The van der Waals surface area contributed by atoms with Gasteiger partial charge in [0.25, 0.3) is 0 Å². The van der Waals surface area contributed by atoms with E-state index in [0.717, 1.165) is 18.3 Å². The highest BCUT2D eigenvalue weighted by Gasteiger charge is 2.21. The van der Waals surface area contributed by atoms with Gasteiger partial charge in [0.15, 0.2) is 0 Å². The molecule has 0 radical (unpaired) electrons. The fraction of sp³-hybridized carbons (Fsp3) is 0.615. The molecule has 1 N–H and O–H groups in total. The second-order valence-corrected chi connectivity index (χ2v) is 4.55. The van der Waals surface area contributed by atoms with Crippen molar-refractivity contribution in [3.8, 4) is 0 Å². The molecule has 88 valence electrons. The summed E-state index contributed by atoms with van der Waals surface area (Å²) < 4.78 is 0. The second-order valence-electron chi connectivity index (χ2n) is 4.55. The van der Waals surface area contributed by atoms with Crippen molar-refractivity contribution in [1.29, 1.82) is 0 Å². The zero-order valence-electron chi connectivity index (χ0n) is 10.0. The molecule has 1 aromatic rings. The number of aromatic nitrogens is 1. The van der Waals surface area contributed by atoms with E-state index < -0.39 is 0 Å². The summed E-state index contributed by atoms with van der Waals surface area (Å²) in [5, 5.41) is 3.41. The minimum absolute atomic E-state index is 0.786. The van der Waals surface area contributed by atoms with Gasteiger partial charge in [0.1, 0.15) is 5.82 Å². The first-order valence-electron chi connectivity index (χ1n) is 6.25. The highest BCUT2D eigenvalue weighted by molar-refractivity contribution is 5.33. The van der Waals surface area contributed by atoms with Crippen LogP contribution < -0.4 is 5.32 Å². The Morgan fingerprint density at radius 3 is 3.19 bits per heavy atom. The lowest BCUT2D eigenvalue weighted by atomic mass is 10.1. The first-order chi connectivity index (χ1) is 7.88. The Hall–Kier alpha value is -1.09. The van der Waals surface area contributed by atoms with Crippen molar-refractivity contribution in [2.24, 2.45) is 5.92 Å². The summed E-state index contributed by atoms with van der Waals surface area (Å²) in [6, 6.07) is 6.00. The Labute approximate surface area is 97.9 Å². The molecular formula is C13H21N3. The Bertz CT molecular complexity index is 299. The van der Waals surface area contributed by atoms with Crippen LogP contribution >= 0.6 is 0 Å². The van der Waals surface area contributed by atoms with Crippen molar-refractivity contribution in [1.82, 2.24) is 9.88 Å². The molecule has 0 unspecified atom stereocenters. The normalized spacial score (nSPS) is 21.2. The summed E-state index contributed by atoms with van der Waals surface area (Å²) in [4.78, 5) is 6.83. The third-order valence-electron chi connectivity index (χ3n) is 3.15. The molecule has 0 aromatic carbocycles. The highest BCUT2D eigenvalue weighted by atomic mass is 15.1. The van der Waals surface area contributed by atoms with Crippen LogP contribution in [0.4, 0.5) is 5.82 Å². The summed E-state index contributed by atoms with van der Waals surface area (Å²) in [6.07, 6.45) is 4.42. The summed E-state index contributed by atoms with van der Waals surface area (Å²) in [5.74, 6) is 1.78. The van der Waals surface area contributed by atoms with Crippen LogP contribution in [0.25, 0.3) is 0 Å². The zero-order chi connectivity index (χ0) is 11.2. The molecule has 2 heterocycles. The van der Waals surface area contributed by atoms with Crippen LogP contribution in [0.1, 0.15) is 19.8 Å². The van der Waals surface area contributed by atoms with Gasteiger partial charge >= 0.3 is 0 Å². The quantitative estimate of drug-likeness (QED) is 0.823. The van der Waals surface area contributed by atoms with Gasteiger partial charge in [0.05, 0.1) is 0 Å². The maximum atomic E-state index is 4.27. The fourth-order valence-corrected chi connectivity index (χ4v) is 2.32. The Kier molecular flexibility index (Phi) is 4.17. The van der Waals surface area contributed by atoms with E-state index >= 15 is 0 Å². The Balaban J connectivity index is 1.72. The standard InChI is InChI=1S/C13H21N3/c1-2-8-16-9-6-12(11-16)10-15-13-5-3-4-7-14-13/h3-5,7,12H,2,6,8-11H2,1H3,(H,14,15)/t12-/m1/s1. The van der Waals surface area contributed by atoms with Gasteiger partial charge in [0, 0.05) is 19.3 Å². The molecule has 0 amide bonds. The van der Waals surface area contributed by atoms with Crippen molar-refractivity contribution in [3.05, 3.63) is 24.4 Å². The molecular weight excluding hydrogens is 198 g/mol. The number of rotatable bonds is 5. The molecule has 0 aliphatic carbocycles. The predicted molar refractivity (Wildman–Crippen MR) is 67.6 cm³/mol. The van der Waals surface area contributed by atoms with Gasteiger partial charge in [-0.25, -0.2) is 4.98 Å². The summed E-state index contributed by atoms with van der Waals surface area (Å²) in [7, 11) is 0. The summed E-state index contributed by atoms with van der Waals surface area (Å²) >= 11 is 0. The number of likely N-dealkylation sites (tertiary alicyclic amines) is 1. The minimum Gasteiger partial charge on any atom is -0.370 e. The van der Waals surface area contributed by atoms with E-state index in [0.29, 0.717) is 0 Å². The van der Waals surface area contributed by atoms with Crippen molar-refractivity contribution in [2.75, 3.05) is 31.5 Å². The molecule has 0 saturated carbocycles. The molecule has 2 rings (SSSR count). The van der Waals surface area contributed by atoms with E-state index in [-0.39, 0.29) is 0 Å². The lowest BCUT2D eigenvalue weighted by molar-refractivity contribution is 0.327. The van der Waals surface area contributed by atoms with E-state index in [9.17, 15) is 0 Å². The monoisotopic (exact) mass is 219 g/mol. The molecule has 0 bridgehead atoms. The molecule has 16 heavy (non-hydrogen) atoms. The smallest absolute Gasteiger partial charge is 0.125 e.